The molecule has 0 spiro atoms. The molecular formula is C30H26BrN7O2. The van der Waals surface area contributed by atoms with Crippen molar-refractivity contribution in [3.63, 3.8) is 0 Å². The van der Waals surface area contributed by atoms with E-state index in [1.165, 1.54) is 6.33 Å². The molecule has 2 aliphatic rings. The molecule has 5 aromatic rings. The number of hydrogen-bond acceptors (Lipinski definition) is 6. The minimum atomic E-state index is -0.553. The summed E-state index contributed by atoms with van der Waals surface area (Å²) in [6, 6.07) is 21.1. The number of carbonyl (C=O) groups excluding carboxylic acids is 2. The maximum atomic E-state index is 14.0. The number of benzene rings is 2. The number of anilines is 2. The molecule has 3 N–H and O–H groups in total. The molecule has 200 valence electrons. The zero-order chi connectivity index (χ0) is 27.4. The standard InChI is InChI=1S/C30H26BrN7O2/c31-24-7-4-8-25(35-24)36-30(40)23-14-19-10-11-21(19)38(23)26(39)15-37-22-12-9-18(17-5-2-1-3-6-17)13-20(22)27-28(32)33-16-34-29(27)37/h1-9,12-13,16,19,21,23H,10-11,14-15H2,(H2,32,33,34)(H,35,36,40)/t19-,21-,23+/m1/s1. The van der Waals surface area contributed by atoms with Crippen LogP contribution in [0.2, 0.25) is 0 Å². The lowest BCUT2D eigenvalue weighted by Gasteiger charge is -2.37. The first kappa shape index (κ1) is 24.7. The second-order valence-electron chi connectivity index (χ2n) is 10.4. The van der Waals surface area contributed by atoms with Crippen molar-refractivity contribution in [1.82, 2.24) is 24.4 Å². The predicted molar refractivity (Wildman–Crippen MR) is 157 cm³/mol. The second-order valence-corrected chi connectivity index (χ2v) is 11.2. The summed E-state index contributed by atoms with van der Waals surface area (Å²) in [7, 11) is 0. The topological polar surface area (TPSA) is 119 Å². The number of amides is 2. The van der Waals surface area contributed by atoms with Gasteiger partial charge in [0.05, 0.1) is 10.9 Å². The number of rotatable bonds is 5. The van der Waals surface area contributed by atoms with Gasteiger partial charge in [0.1, 0.15) is 40.8 Å². The van der Waals surface area contributed by atoms with Crippen molar-refractivity contribution in [2.24, 2.45) is 5.92 Å². The molecule has 7 rings (SSSR count). The normalized spacial score (nSPS) is 19.9. The fraction of sp³-hybridized carbons (Fsp3) is 0.233. The molecule has 9 nitrogen and oxygen atoms in total. The van der Waals surface area contributed by atoms with Crippen LogP contribution in [-0.4, -0.2) is 48.3 Å². The highest BCUT2D eigenvalue weighted by molar-refractivity contribution is 9.10. The molecule has 10 heteroatoms. The number of fused-ring (bicyclic) bond motifs is 4. The first-order valence-electron chi connectivity index (χ1n) is 13.3. The number of pyridine rings is 1. The summed E-state index contributed by atoms with van der Waals surface area (Å²) in [5.74, 6) is 0.826. The Morgan fingerprint density at radius 2 is 1.85 bits per heavy atom. The third kappa shape index (κ3) is 4.10. The second kappa shape index (κ2) is 9.71. The summed E-state index contributed by atoms with van der Waals surface area (Å²) in [4.78, 5) is 42.3. The van der Waals surface area contributed by atoms with Gasteiger partial charge in [-0.25, -0.2) is 15.0 Å². The van der Waals surface area contributed by atoms with Crippen LogP contribution in [0.4, 0.5) is 11.6 Å². The van der Waals surface area contributed by atoms with E-state index in [2.05, 4.69) is 54.4 Å². The SMILES string of the molecule is Nc1ncnc2c1c1cc(-c3ccccc3)ccc1n2CC(=O)N1[C@@H]2CC[C@@H]2C[C@H]1C(=O)Nc1cccc(Br)n1. The molecule has 2 amide bonds. The number of carbonyl (C=O) groups is 2. The fourth-order valence-corrected chi connectivity index (χ4v) is 6.57. The Balaban J connectivity index is 1.24. The molecule has 2 fully saturated rings. The minimum Gasteiger partial charge on any atom is -0.383 e. The monoisotopic (exact) mass is 595 g/mol. The number of likely N-dealkylation sites (tertiary alicyclic amines) is 1. The van der Waals surface area contributed by atoms with Gasteiger partial charge in [-0.15, -0.1) is 0 Å². The highest BCUT2D eigenvalue weighted by Crippen LogP contribution is 2.44. The largest absolute Gasteiger partial charge is 0.383 e. The summed E-state index contributed by atoms with van der Waals surface area (Å²) in [5, 5.41) is 4.52. The summed E-state index contributed by atoms with van der Waals surface area (Å²) in [6.45, 7) is 0.0449. The number of hydrogen-bond donors (Lipinski definition) is 2. The Kier molecular flexibility index (Phi) is 6.00. The third-order valence-corrected chi connectivity index (χ3v) is 8.66. The minimum absolute atomic E-state index is 0.0449. The maximum absolute atomic E-state index is 14.0. The number of nitrogen functional groups attached to an aromatic ring is 1. The molecule has 3 atom stereocenters. The number of nitrogens with one attached hydrogen (secondary N) is 1. The van der Waals surface area contributed by atoms with Crippen molar-refractivity contribution in [1.29, 1.82) is 0 Å². The summed E-state index contributed by atoms with van der Waals surface area (Å²) < 4.78 is 2.53. The Morgan fingerprint density at radius 1 is 1.00 bits per heavy atom. The van der Waals surface area contributed by atoms with Gasteiger partial charge in [0.25, 0.3) is 0 Å². The molecule has 40 heavy (non-hydrogen) atoms. The van der Waals surface area contributed by atoms with Gasteiger partial charge in [-0.05, 0) is 76.5 Å². The van der Waals surface area contributed by atoms with Crippen LogP contribution < -0.4 is 11.1 Å². The smallest absolute Gasteiger partial charge is 0.248 e. The molecule has 1 aliphatic carbocycles. The van der Waals surface area contributed by atoms with Gasteiger partial charge in [-0.3, -0.25) is 9.59 Å². The van der Waals surface area contributed by atoms with Crippen molar-refractivity contribution < 1.29 is 9.59 Å². The Labute approximate surface area is 238 Å². The highest BCUT2D eigenvalue weighted by Gasteiger charge is 2.51. The molecule has 2 aromatic carbocycles. The highest BCUT2D eigenvalue weighted by atomic mass is 79.9. The zero-order valence-corrected chi connectivity index (χ0v) is 23.1. The van der Waals surface area contributed by atoms with Crippen molar-refractivity contribution >= 4 is 61.3 Å². The van der Waals surface area contributed by atoms with E-state index in [9.17, 15) is 9.59 Å². The van der Waals surface area contributed by atoms with Gasteiger partial charge in [-0.1, -0.05) is 42.5 Å². The zero-order valence-electron chi connectivity index (χ0n) is 21.5. The van der Waals surface area contributed by atoms with Crippen molar-refractivity contribution in [2.75, 3.05) is 11.1 Å². The van der Waals surface area contributed by atoms with E-state index in [0.29, 0.717) is 34.2 Å². The van der Waals surface area contributed by atoms with Gasteiger partial charge in [0.15, 0.2) is 0 Å². The molecule has 4 heterocycles. The molecule has 1 saturated heterocycles. The van der Waals surface area contributed by atoms with Crippen LogP contribution >= 0.6 is 15.9 Å². The first-order chi connectivity index (χ1) is 19.5. The van der Waals surface area contributed by atoms with Gasteiger partial charge >= 0.3 is 0 Å². The maximum Gasteiger partial charge on any atom is 0.248 e. The van der Waals surface area contributed by atoms with Gasteiger partial charge < -0.3 is 20.5 Å². The van der Waals surface area contributed by atoms with Gasteiger partial charge in [-0.2, -0.15) is 0 Å². The molecule has 0 radical (unpaired) electrons. The lowest BCUT2D eigenvalue weighted by molar-refractivity contribution is -0.140. The van der Waals surface area contributed by atoms with Crippen LogP contribution in [0.5, 0.6) is 0 Å². The lowest BCUT2D eigenvalue weighted by atomic mass is 9.80. The molecule has 3 aromatic heterocycles. The summed E-state index contributed by atoms with van der Waals surface area (Å²) >= 11 is 3.35. The quantitative estimate of drug-likeness (QED) is 0.276. The number of halogens is 1. The Bertz CT molecular complexity index is 1790. The predicted octanol–water partition coefficient (Wildman–Crippen LogP) is 5.01. The van der Waals surface area contributed by atoms with E-state index < -0.39 is 6.04 Å². The van der Waals surface area contributed by atoms with E-state index >= 15 is 0 Å². The molecule has 0 unspecified atom stereocenters. The van der Waals surface area contributed by atoms with E-state index in [1.807, 2.05) is 41.0 Å². The van der Waals surface area contributed by atoms with Crippen molar-refractivity contribution in [3.05, 3.63) is 77.7 Å². The van der Waals surface area contributed by atoms with Crippen LogP contribution in [0.3, 0.4) is 0 Å². The van der Waals surface area contributed by atoms with E-state index in [1.54, 1.807) is 17.0 Å². The van der Waals surface area contributed by atoms with Crippen molar-refractivity contribution in [2.45, 2.75) is 37.9 Å². The first-order valence-corrected chi connectivity index (χ1v) is 14.1. The number of nitrogens with two attached hydrogens (primary N) is 1. The molecule has 1 saturated carbocycles. The van der Waals surface area contributed by atoms with Crippen molar-refractivity contribution in [3.8, 4) is 11.1 Å². The van der Waals surface area contributed by atoms with Gasteiger partial charge in [0.2, 0.25) is 11.8 Å². The van der Waals surface area contributed by atoms with E-state index in [4.69, 9.17) is 5.73 Å². The fourth-order valence-electron chi connectivity index (χ4n) is 6.23. The average Bonchev–Trinajstić information content (AvgIpc) is 3.40. The van der Waals surface area contributed by atoms with Crippen LogP contribution in [0.25, 0.3) is 33.1 Å². The molecule has 1 aliphatic heterocycles. The van der Waals surface area contributed by atoms with Crippen LogP contribution in [0, 0.1) is 5.92 Å². The molecular weight excluding hydrogens is 570 g/mol. The Morgan fingerprint density at radius 3 is 2.62 bits per heavy atom. The molecule has 0 bridgehead atoms. The van der Waals surface area contributed by atoms with E-state index in [0.717, 1.165) is 40.3 Å². The third-order valence-electron chi connectivity index (χ3n) is 8.22. The average molecular weight is 596 g/mol. The number of nitrogens with zero attached hydrogens (tertiary/aromatic N) is 5. The summed E-state index contributed by atoms with van der Waals surface area (Å²) in [5.41, 5.74) is 9.92. The van der Waals surface area contributed by atoms with E-state index in [-0.39, 0.29) is 24.4 Å². The van der Waals surface area contributed by atoms with Crippen LogP contribution in [0.15, 0.2) is 77.7 Å². The summed E-state index contributed by atoms with van der Waals surface area (Å²) in [6.07, 6.45) is 4.00. The van der Waals surface area contributed by atoms with Gasteiger partial charge in [0, 0.05) is 11.4 Å². The Hall–Kier alpha value is -4.31. The number of aromatic nitrogens is 4. The van der Waals surface area contributed by atoms with Crippen LogP contribution in [-0.2, 0) is 16.1 Å². The lowest BCUT2D eigenvalue weighted by Crippen LogP contribution is -2.50. The van der Waals surface area contributed by atoms with Crippen LogP contribution in [0.1, 0.15) is 19.3 Å².